The van der Waals surface area contributed by atoms with Gasteiger partial charge in [0.1, 0.15) is 5.60 Å². The average molecular weight is 207 g/mol. The van der Waals surface area contributed by atoms with Gasteiger partial charge in [-0.1, -0.05) is 0 Å². The van der Waals surface area contributed by atoms with E-state index in [0.29, 0.717) is 5.56 Å². The van der Waals surface area contributed by atoms with Crippen LogP contribution >= 0.6 is 0 Å². The smallest absolute Gasteiger partial charge is 0.340 e. The summed E-state index contributed by atoms with van der Waals surface area (Å²) < 4.78 is 5.24. The van der Waals surface area contributed by atoms with Gasteiger partial charge < -0.3 is 4.74 Å². The monoisotopic (exact) mass is 207 g/mol. The molecule has 0 bridgehead atoms. The van der Waals surface area contributed by atoms with Gasteiger partial charge >= 0.3 is 5.97 Å². The van der Waals surface area contributed by atoms with Crippen molar-refractivity contribution in [1.82, 2.24) is 4.98 Å². The number of esters is 1. The molecule has 3 heteroatoms. The van der Waals surface area contributed by atoms with E-state index in [-0.39, 0.29) is 5.97 Å². The van der Waals surface area contributed by atoms with Gasteiger partial charge in [0.05, 0.1) is 5.56 Å². The highest BCUT2D eigenvalue weighted by atomic mass is 16.6. The summed E-state index contributed by atoms with van der Waals surface area (Å²) in [4.78, 5) is 15.8. The van der Waals surface area contributed by atoms with Crippen LogP contribution in [0.15, 0.2) is 12.3 Å². The van der Waals surface area contributed by atoms with Gasteiger partial charge in [0, 0.05) is 11.9 Å². The Labute approximate surface area is 90.5 Å². The van der Waals surface area contributed by atoms with Gasteiger partial charge in [-0.3, -0.25) is 4.98 Å². The summed E-state index contributed by atoms with van der Waals surface area (Å²) in [7, 11) is 0. The van der Waals surface area contributed by atoms with Crippen LogP contribution in [0.25, 0.3) is 0 Å². The Bertz CT molecular complexity index is 378. The highest BCUT2D eigenvalue weighted by molar-refractivity contribution is 5.89. The SMILES string of the molecule is Cc1cc(C(=O)OC(C)(C)C)cnc1C. The van der Waals surface area contributed by atoms with Crippen molar-refractivity contribution in [2.45, 2.75) is 40.2 Å². The highest BCUT2D eigenvalue weighted by Crippen LogP contribution is 2.13. The van der Waals surface area contributed by atoms with Crippen molar-refractivity contribution in [3.8, 4) is 0 Å². The van der Waals surface area contributed by atoms with E-state index >= 15 is 0 Å². The summed E-state index contributed by atoms with van der Waals surface area (Å²) in [5.41, 5.74) is 1.98. The fourth-order valence-corrected chi connectivity index (χ4v) is 1.09. The third-order valence-corrected chi connectivity index (χ3v) is 1.97. The molecule has 0 N–H and O–H groups in total. The molecule has 0 spiro atoms. The maximum atomic E-state index is 11.7. The van der Waals surface area contributed by atoms with Crippen molar-refractivity contribution in [2.75, 3.05) is 0 Å². The molecule has 0 aliphatic heterocycles. The van der Waals surface area contributed by atoms with Crippen LogP contribution in [0.2, 0.25) is 0 Å². The number of ether oxygens (including phenoxy) is 1. The number of aryl methyl sites for hydroxylation is 2. The molecule has 82 valence electrons. The lowest BCUT2D eigenvalue weighted by atomic mass is 10.1. The lowest BCUT2D eigenvalue weighted by Crippen LogP contribution is -2.24. The molecule has 3 nitrogen and oxygen atoms in total. The van der Waals surface area contributed by atoms with Crippen LogP contribution in [0.3, 0.4) is 0 Å². The molecule has 0 amide bonds. The molecular weight excluding hydrogens is 190 g/mol. The maximum Gasteiger partial charge on any atom is 0.340 e. The fourth-order valence-electron chi connectivity index (χ4n) is 1.09. The first-order valence-electron chi connectivity index (χ1n) is 4.96. The molecule has 0 saturated carbocycles. The second-order valence-electron chi connectivity index (χ2n) is 4.63. The van der Waals surface area contributed by atoms with Crippen molar-refractivity contribution < 1.29 is 9.53 Å². The van der Waals surface area contributed by atoms with Crippen LogP contribution in [0.4, 0.5) is 0 Å². The Morgan fingerprint density at radius 3 is 2.40 bits per heavy atom. The summed E-state index contributed by atoms with van der Waals surface area (Å²) in [6, 6.07) is 1.80. The molecule has 0 aliphatic carbocycles. The Kier molecular flexibility index (Phi) is 3.12. The molecule has 1 aromatic heterocycles. The summed E-state index contributed by atoms with van der Waals surface area (Å²) in [5.74, 6) is -0.321. The van der Waals surface area contributed by atoms with Crippen LogP contribution in [0.5, 0.6) is 0 Å². The number of carbonyl (C=O) groups excluding carboxylic acids is 1. The highest BCUT2D eigenvalue weighted by Gasteiger charge is 2.18. The first-order valence-corrected chi connectivity index (χ1v) is 4.96. The third kappa shape index (κ3) is 3.35. The average Bonchev–Trinajstić information content (AvgIpc) is 2.06. The number of hydrogen-bond acceptors (Lipinski definition) is 3. The molecule has 15 heavy (non-hydrogen) atoms. The summed E-state index contributed by atoms with van der Waals surface area (Å²) in [6.45, 7) is 9.38. The van der Waals surface area contributed by atoms with Gasteiger partial charge in [0.2, 0.25) is 0 Å². The van der Waals surface area contributed by atoms with Gasteiger partial charge in [0.25, 0.3) is 0 Å². The number of nitrogens with zero attached hydrogens (tertiary/aromatic N) is 1. The van der Waals surface area contributed by atoms with Crippen molar-refractivity contribution >= 4 is 5.97 Å². The number of hydrogen-bond donors (Lipinski definition) is 0. The Morgan fingerprint density at radius 2 is 1.93 bits per heavy atom. The van der Waals surface area contributed by atoms with E-state index in [4.69, 9.17) is 4.74 Å². The Balaban J connectivity index is 2.88. The standard InChI is InChI=1S/C12H17NO2/c1-8-6-10(7-13-9(8)2)11(14)15-12(3,4)5/h6-7H,1-5H3. The minimum Gasteiger partial charge on any atom is -0.456 e. The van der Waals surface area contributed by atoms with E-state index in [0.717, 1.165) is 11.3 Å². The third-order valence-electron chi connectivity index (χ3n) is 1.97. The molecular formula is C12H17NO2. The van der Waals surface area contributed by atoms with Gasteiger partial charge in [-0.15, -0.1) is 0 Å². The molecule has 0 saturated heterocycles. The predicted molar refractivity (Wildman–Crippen MR) is 58.9 cm³/mol. The number of rotatable bonds is 1. The van der Waals surface area contributed by atoms with Crippen LogP contribution < -0.4 is 0 Å². The van der Waals surface area contributed by atoms with Crippen LogP contribution in [0, 0.1) is 13.8 Å². The van der Waals surface area contributed by atoms with E-state index in [1.54, 1.807) is 12.3 Å². The number of carbonyl (C=O) groups is 1. The summed E-state index contributed by atoms with van der Waals surface area (Å²) in [6.07, 6.45) is 1.55. The van der Waals surface area contributed by atoms with Crippen LogP contribution in [-0.4, -0.2) is 16.6 Å². The van der Waals surface area contributed by atoms with Crippen molar-refractivity contribution in [3.63, 3.8) is 0 Å². The predicted octanol–water partition coefficient (Wildman–Crippen LogP) is 2.65. The molecule has 0 atom stereocenters. The molecule has 0 unspecified atom stereocenters. The zero-order chi connectivity index (χ0) is 11.6. The number of aromatic nitrogens is 1. The first kappa shape index (κ1) is 11.7. The second kappa shape index (κ2) is 4.01. The van der Waals surface area contributed by atoms with Gasteiger partial charge in [0.15, 0.2) is 0 Å². The summed E-state index contributed by atoms with van der Waals surface area (Å²) >= 11 is 0. The normalized spacial score (nSPS) is 11.3. The van der Waals surface area contributed by atoms with E-state index in [9.17, 15) is 4.79 Å². The summed E-state index contributed by atoms with van der Waals surface area (Å²) in [5, 5.41) is 0. The van der Waals surface area contributed by atoms with Crippen molar-refractivity contribution in [3.05, 3.63) is 29.1 Å². The number of pyridine rings is 1. The minimum atomic E-state index is -0.462. The van der Waals surface area contributed by atoms with Crippen molar-refractivity contribution in [1.29, 1.82) is 0 Å². The van der Waals surface area contributed by atoms with E-state index < -0.39 is 5.60 Å². The largest absolute Gasteiger partial charge is 0.456 e. The van der Waals surface area contributed by atoms with Crippen LogP contribution in [0.1, 0.15) is 42.4 Å². The molecule has 1 heterocycles. The Morgan fingerprint density at radius 1 is 1.33 bits per heavy atom. The first-order chi connectivity index (χ1) is 6.79. The quantitative estimate of drug-likeness (QED) is 0.664. The molecule has 0 aromatic carbocycles. The van der Waals surface area contributed by atoms with E-state index in [2.05, 4.69) is 4.98 Å². The second-order valence-corrected chi connectivity index (χ2v) is 4.63. The molecule has 0 aliphatic rings. The van der Waals surface area contributed by atoms with Gasteiger partial charge in [-0.05, 0) is 46.2 Å². The lowest BCUT2D eigenvalue weighted by Gasteiger charge is -2.19. The zero-order valence-corrected chi connectivity index (χ0v) is 9.92. The Hall–Kier alpha value is -1.38. The zero-order valence-electron chi connectivity index (χ0n) is 9.92. The van der Waals surface area contributed by atoms with Crippen LogP contribution in [-0.2, 0) is 4.74 Å². The molecule has 0 radical (unpaired) electrons. The van der Waals surface area contributed by atoms with E-state index in [1.807, 2.05) is 34.6 Å². The molecule has 1 rings (SSSR count). The van der Waals surface area contributed by atoms with E-state index in [1.165, 1.54) is 0 Å². The molecule has 0 fully saturated rings. The fraction of sp³-hybridized carbons (Fsp3) is 0.500. The van der Waals surface area contributed by atoms with Gasteiger partial charge in [-0.25, -0.2) is 4.79 Å². The molecule has 1 aromatic rings. The lowest BCUT2D eigenvalue weighted by molar-refractivity contribution is 0.00690. The topological polar surface area (TPSA) is 39.2 Å². The van der Waals surface area contributed by atoms with Gasteiger partial charge in [-0.2, -0.15) is 0 Å². The van der Waals surface area contributed by atoms with Crippen molar-refractivity contribution in [2.24, 2.45) is 0 Å². The maximum absolute atomic E-state index is 11.7. The minimum absolute atomic E-state index is 0.321.